The lowest BCUT2D eigenvalue weighted by Gasteiger charge is -2.21. The number of hydrogen-bond acceptors (Lipinski definition) is 4. The molecule has 0 bridgehead atoms. The first-order valence-corrected chi connectivity index (χ1v) is 9.08. The second kappa shape index (κ2) is 6.16. The maximum Gasteiger partial charge on any atom is 0.261 e. The number of carbonyl (C=O) groups is 1. The summed E-state index contributed by atoms with van der Waals surface area (Å²) in [5.41, 5.74) is 1.42. The lowest BCUT2D eigenvalue weighted by atomic mass is 10.2. The number of anilines is 1. The van der Waals surface area contributed by atoms with Gasteiger partial charge in [0, 0.05) is 19.0 Å². The van der Waals surface area contributed by atoms with Crippen LogP contribution in [0.1, 0.15) is 25.8 Å². The zero-order chi connectivity index (χ0) is 16.5. The van der Waals surface area contributed by atoms with Gasteiger partial charge in [-0.05, 0) is 38.5 Å². The van der Waals surface area contributed by atoms with Gasteiger partial charge in [-0.1, -0.05) is 6.07 Å². The molecule has 0 unspecified atom stereocenters. The number of nitrogens with one attached hydrogen (secondary N) is 1. The van der Waals surface area contributed by atoms with Crippen LogP contribution in [0, 0.1) is 6.92 Å². The minimum Gasteiger partial charge on any atom is -0.478 e. The highest BCUT2D eigenvalue weighted by Gasteiger charge is 2.31. The zero-order valence-electron chi connectivity index (χ0n) is 13.3. The van der Waals surface area contributed by atoms with E-state index in [2.05, 4.69) is 5.32 Å². The number of nitrogens with zero attached hydrogens (tertiary/aromatic N) is 1. The Morgan fingerprint density at radius 2 is 2.09 bits per heavy atom. The highest BCUT2D eigenvalue weighted by atomic mass is 32.2. The highest BCUT2D eigenvalue weighted by Crippen LogP contribution is 2.34. The molecule has 0 aromatic heterocycles. The van der Waals surface area contributed by atoms with Gasteiger partial charge in [0.15, 0.2) is 6.10 Å². The summed E-state index contributed by atoms with van der Waals surface area (Å²) in [6.45, 7) is 5.84. The minimum atomic E-state index is -3.43. The number of benzene rings is 1. The lowest BCUT2D eigenvalue weighted by molar-refractivity contribution is -0.128. The van der Waals surface area contributed by atoms with Crippen molar-refractivity contribution >= 4 is 21.6 Å². The molecule has 1 amide bonds. The van der Waals surface area contributed by atoms with Crippen LogP contribution in [-0.4, -0.2) is 39.3 Å². The third kappa shape index (κ3) is 3.71. The fourth-order valence-corrected chi connectivity index (χ4v) is 3.33. The summed E-state index contributed by atoms with van der Waals surface area (Å²) in [7, 11) is -3.43. The molecule has 0 spiro atoms. The van der Waals surface area contributed by atoms with E-state index in [1.54, 1.807) is 12.1 Å². The molecule has 1 aliphatic rings. The molecule has 2 rings (SSSR count). The molecule has 1 N–H and O–H groups in total. The molecule has 122 valence electrons. The molecule has 1 aromatic carbocycles. The van der Waals surface area contributed by atoms with Crippen molar-refractivity contribution in [1.82, 2.24) is 5.32 Å². The molecule has 6 nitrogen and oxygen atoms in total. The van der Waals surface area contributed by atoms with E-state index in [4.69, 9.17) is 4.74 Å². The van der Waals surface area contributed by atoms with Crippen LogP contribution in [-0.2, 0) is 14.8 Å². The molecule has 0 radical (unpaired) electrons. The Kier molecular flexibility index (Phi) is 4.65. The van der Waals surface area contributed by atoms with Crippen molar-refractivity contribution in [3.05, 3.63) is 23.8 Å². The Morgan fingerprint density at radius 1 is 1.41 bits per heavy atom. The molecule has 0 fully saturated rings. The van der Waals surface area contributed by atoms with Crippen LogP contribution in [0.2, 0.25) is 0 Å². The molecule has 22 heavy (non-hydrogen) atoms. The number of aryl methyl sites for hydroxylation is 1. The first kappa shape index (κ1) is 16.6. The van der Waals surface area contributed by atoms with E-state index < -0.39 is 16.1 Å². The molecule has 1 atom stereocenters. The first-order chi connectivity index (χ1) is 10.2. The van der Waals surface area contributed by atoms with E-state index in [0.29, 0.717) is 17.9 Å². The number of fused-ring (bicyclic) bond motifs is 1. The van der Waals surface area contributed by atoms with Crippen molar-refractivity contribution in [1.29, 1.82) is 0 Å². The second-order valence-electron chi connectivity index (χ2n) is 5.86. The van der Waals surface area contributed by atoms with Crippen LogP contribution in [0.3, 0.4) is 0 Å². The van der Waals surface area contributed by atoms with Gasteiger partial charge < -0.3 is 10.1 Å². The summed E-state index contributed by atoms with van der Waals surface area (Å²) in [4.78, 5) is 12.2. The van der Waals surface area contributed by atoms with E-state index >= 15 is 0 Å². The van der Waals surface area contributed by atoms with Crippen LogP contribution in [0.15, 0.2) is 18.2 Å². The minimum absolute atomic E-state index is 0.00264. The van der Waals surface area contributed by atoms with Gasteiger partial charge in [-0.3, -0.25) is 9.10 Å². The van der Waals surface area contributed by atoms with E-state index in [1.807, 2.05) is 26.8 Å². The third-order valence-corrected chi connectivity index (χ3v) is 4.55. The van der Waals surface area contributed by atoms with Crippen LogP contribution >= 0.6 is 0 Å². The standard InChI is InChI=1S/C15H22N2O4S/c1-10(2)16-15(18)14-7-8-17(22(4,19)20)12-9-11(3)5-6-13(12)21-14/h5-6,9-10,14H,7-8H2,1-4H3,(H,16,18)/t14-/m1/s1. The van der Waals surface area contributed by atoms with Gasteiger partial charge in [0.05, 0.1) is 11.9 Å². The summed E-state index contributed by atoms with van der Waals surface area (Å²) >= 11 is 0. The lowest BCUT2D eigenvalue weighted by Crippen LogP contribution is -2.42. The molecule has 7 heteroatoms. The monoisotopic (exact) mass is 326 g/mol. The molecule has 0 aliphatic carbocycles. The summed E-state index contributed by atoms with van der Waals surface area (Å²) in [5.74, 6) is 0.189. The highest BCUT2D eigenvalue weighted by molar-refractivity contribution is 7.92. The molecular weight excluding hydrogens is 304 g/mol. The molecule has 0 saturated carbocycles. The van der Waals surface area contributed by atoms with Crippen LogP contribution in [0.25, 0.3) is 0 Å². The van der Waals surface area contributed by atoms with Gasteiger partial charge in [-0.15, -0.1) is 0 Å². The summed E-state index contributed by atoms with van der Waals surface area (Å²) in [6.07, 6.45) is 0.767. The Bertz CT molecular complexity index is 670. The first-order valence-electron chi connectivity index (χ1n) is 7.24. The number of hydrogen-bond donors (Lipinski definition) is 1. The van der Waals surface area contributed by atoms with Crippen molar-refractivity contribution in [2.45, 2.75) is 39.3 Å². The van der Waals surface area contributed by atoms with E-state index in [1.165, 1.54) is 4.31 Å². The van der Waals surface area contributed by atoms with E-state index in [9.17, 15) is 13.2 Å². The Balaban J connectivity index is 2.38. The number of carbonyl (C=O) groups excluding carboxylic acids is 1. The SMILES string of the molecule is Cc1ccc2c(c1)N(S(C)(=O)=O)CC[C@H](C(=O)NC(C)C)O2. The summed E-state index contributed by atoms with van der Waals surface area (Å²) in [6, 6.07) is 5.31. The zero-order valence-corrected chi connectivity index (χ0v) is 14.1. The predicted molar refractivity (Wildman–Crippen MR) is 85.7 cm³/mol. The number of amides is 1. The maximum absolute atomic E-state index is 12.2. The summed E-state index contributed by atoms with van der Waals surface area (Å²) in [5, 5.41) is 2.80. The number of ether oxygens (including phenoxy) is 1. The van der Waals surface area contributed by atoms with Crippen molar-refractivity contribution in [2.75, 3.05) is 17.1 Å². The second-order valence-corrected chi connectivity index (χ2v) is 7.77. The topological polar surface area (TPSA) is 75.7 Å². The normalized spacial score (nSPS) is 18.4. The van der Waals surface area contributed by atoms with Crippen LogP contribution in [0.5, 0.6) is 5.75 Å². The molecule has 1 heterocycles. The van der Waals surface area contributed by atoms with Gasteiger partial charge in [-0.2, -0.15) is 0 Å². The van der Waals surface area contributed by atoms with Gasteiger partial charge >= 0.3 is 0 Å². The van der Waals surface area contributed by atoms with Gasteiger partial charge in [0.25, 0.3) is 5.91 Å². The van der Waals surface area contributed by atoms with Crippen molar-refractivity contribution in [3.63, 3.8) is 0 Å². The smallest absolute Gasteiger partial charge is 0.261 e. The Morgan fingerprint density at radius 3 is 2.68 bits per heavy atom. The number of rotatable bonds is 3. The maximum atomic E-state index is 12.2. The van der Waals surface area contributed by atoms with Crippen LogP contribution < -0.4 is 14.4 Å². The van der Waals surface area contributed by atoms with Gasteiger partial charge in [0.1, 0.15) is 5.75 Å². The van der Waals surface area contributed by atoms with Crippen molar-refractivity contribution in [2.24, 2.45) is 0 Å². The van der Waals surface area contributed by atoms with Crippen molar-refractivity contribution in [3.8, 4) is 5.75 Å². The van der Waals surface area contributed by atoms with E-state index in [-0.39, 0.29) is 18.5 Å². The largest absolute Gasteiger partial charge is 0.478 e. The Hall–Kier alpha value is -1.76. The van der Waals surface area contributed by atoms with Gasteiger partial charge in [0.2, 0.25) is 10.0 Å². The van der Waals surface area contributed by atoms with Crippen molar-refractivity contribution < 1.29 is 17.9 Å². The average molecular weight is 326 g/mol. The quantitative estimate of drug-likeness (QED) is 0.912. The molecule has 1 aliphatic heterocycles. The Labute approximate surface area is 131 Å². The average Bonchev–Trinajstić information content (AvgIpc) is 2.56. The third-order valence-electron chi connectivity index (χ3n) is 3.37. The fraction of sp³-hybridized carbons (Fsp3) is 0.533. The summed E-state index contributed by atoms with van der Waals surface area (Å²) < 4.78 is 31.2. The molecular formula is C15H22N2O4S. The molecule has 1 aromatic rings. The van der Waals surface area contributed by atoms with Gasteiger partial charge in [-0.25, -0.2) is 8.42 Å². The van der Waals surface area contributed by atoms with Crippen LogP contribution in [0.4, 0.5) is 5.69 Å². The fourth-order valence-electron chi connectivity index (χ4n) is 2.40. The predicted octanol–water partition coefficient (Wildman–Crippen LogP) is 1.44. The number of sulfonamides is 1. The van der Waals surface area contributed by atoms with E-state index in [0.717, 1.165) is 11.8 Å². The molecule has 0 saturated heterocycles.